The van der Waals surface area contributed by atoms with Crippen LogP contribution >= 0.6 is 11.6 Å². The fourth-order valence-electron chi connectivity index (χ4n) is 1.18. The summed E-state index contributed by atoms with van der Waals surface area (Å²) in [7, 11) is 2.70. The summed E-state index contributed by atoms with van der Waals surface area (Å²) >= 11 is 5.75. The number of hydrogen-bond acceptors (Lipinski definition) is 3. The van der Waals surface area contributed by atoms with Crippen LogP contribution in [0.3, 0.4) is 0 Å². The topological polar surface area (TPSA) is 38.8 Å². The van der Waals surface area contributed by atoms with E-state index in [0.717, 1.165) is 5.06 Å². The highest BCUT2D eigenvalue weighted by molar-refractivity contribution is 6.32. The van der Waals surface area contributed by atoms with Gasteiger partial charge in [-0.1, -0.05) is 11.6 Å². The second-order valence-electron chi connectivity index (χ2n) is 3.53. The van der Waals surface area contributed by atoms with Gasteiger partial charge in [0.05, 0.1) is 12.1 Å². The zero-order valence-corrected chi connectivity index (χ0v) is 10.9. The maximum atomic E-state index is 12.0. The Kier molecular flexibility index (Phi) is 5.02. The molecule has 0 unspecified atom stereocenters. The van der Waals surface area contributed by atoms with Crippen LogP contribution in [0.1, 0.15) is 10.4 Å². The molecule has 1 aromatic carbocycles. The van der Waals surface area contributed by atoms with Crippen LogP contribution in [0.5, 0.6) is 5.75 Å². The van der Waals surface area contributed by atoms with Crippen molar-refractivity contribution in [3.05, 3.63) is 28.8 Å². The molecule has 0 saturated heterocycles. The van der Waals surface area contributed by atoms with Crippen molar-refractivity contribution in [2.45, 2.75) is 6.18 Å². The van der Waals surface area contributed by atoms with Gasteiger partial charge in [0.25, 0.3) is 5.91 Å². The van der Waals surface area contributed by atoms with E-state index in [2.05, 4.69) is 9.57 Å². The molecule has 0 fully saturated rings. The van der Waals surface area contributed by atoms with Gasteiger partial charge in [0, 0.05) is 12.6 Å². The Balaban J connectivity index is 2.83. The van der Waals surface area contributed by atoms with Crippen LogP contribution in [-0.4, -0.2) is 37.9 Å². The predicted molar refractivity (Wildman–Crippen MR) is 62.1 cm³/mol. The van der Waals surface area contributed by atoms with Crippen molar-refractivity contribution >= 4 is 17.5 Å². The minimum Gasteiger partial charge on any atom is -0.483 e. The molecule has 0 saturated carbocycles. The number of halogens is 4. The Morgan fingerprint density at radius 2 is 2.05 bits per heavy atom. The number of carbonyl (C=O) groups excluding carboxylic acids is 1. The first kappa shape index (κ1) is 15.6. The maximum Gasteiger partial charge on any atom is 0.422 e. The number of rotatable bonds is 4. The zero-order chi connectivity index (χ0) is 14.6. The quantitative estimate of drug-likeness (QED) is 0.802. The smallest absolute Gasteiger partial charge is 0.422 e. The van der Waals surface area contributed by atoms with Gasteiger partial charge in [-0.15, -0.1) is 0 Å². The van der Waals surface area contributed by atoms with Gasteiger partial charge in [-0.3, -0.25) is 9.63 Å². The molecule has 19 heavy (non-hydrogen) atoms. The minimum absolute atomic E-state index is 0.0837. The molecule has 0 heterocycles. The van der Waals surface area contributed by atoms with Crippen molar-refractivity contribution in [1.29, 1.82) is 0 Å². The molecule has 0 aliphatic carbocycles. The number of alkyl halides is 3. The third-order valence-electron chi connectivity index (χ3n) is 2.13. The Hall–Kier alpha value is -1.47. The number of hydrogen-bond donors (Lipinski definition) is 0. The number of hydroxylamine groups is 2. The second kappa shape index (κ2) is 6.12. The number of ether oxygens (including phenoxy) is 1. The molecule has 0 aromatic heterocycles. The van der Waals surface area contributed by atoms with E-state index in [0.29, 0.717) is 0 Å². The first-order chi connectivity index (χ1) is 8.74. The molecule has 0 atom stereocenters. The first-order valence-corrected chi connectivity index (χ1v) is 5.43. The molecule has 1 rings (SSSR count). The van der Waals surface area contributed by atoms with Gasteiger partial charge in [0.1, 0.15) is 5.75 Å². The highest BCUT2D eigenvalue weighted by Crippen LogP contribution is 2.27. The Bertz CT molecular complexity index is 465. The van der Waals surface area contributed by atoms with Crippen LogP contribution in [-0.2, 0) is 4.84 Å². The lowest BCUT2D eigenvalue weighted by Crippen LogP contribution is -2.25. The number of benzene rings is 1. The van der Waals surface area contributed by atoms with Gasteiger partial charge in [0.15, 0.2) is 6.61 Å². The van der Waals surface area contributed by atoms with Gasteiger partial charge in [-0.05, 0) is 18.2 Å². The standard InChI is InChI=1S/C11H11ClF3NO3/c1-16(18-2)10(17)7-3-4-9(8(12)5-7)19-6-11(13,14)15/h3-5H,6H2,1-2H3. The van der Waals surface area contributed by atoms with Crippen molar-refractivity contribution in [3.8, 4) is 5.75 Å². The van der Waals surface area contributed by atoms with E-state index in [1.54, 1.807) is 0 Å². The molecule has 4 nitrogen and oxygen atoms in total. The van der Waals surface area contributed by atoms with Crippen molar-refractivity contribution in [3.63, 3.8) is 0 Å². The predicted octanol–water partition coefficient (Wildman–Crippen LogP) is 2.91. The van der Waals surface area contributed by atoms with Gasteiger partial charge in [-0.2, -0.15) is 13.2 Å². The normalized spacial score (nSPS) is 11.3. The first-order valence-electron chi connectivity index (χ1n) is 5.06. The summed E-state index contributed by atoms with van der Waals surface area (Å²) < 4.78 is 40.5. The summed E-state index contributed by atoms with van der Waals surface area (Å²) in [5.74, 6) is -0.623. The number of carbonyl (C=O) groups is 1. The molecule has 1 aromatic rings. The van der Waals surface area contributed by atoms with Gasteiger partial charge < -0.3 is 4.74 Å². The summed E-state index contributed by atoms with van der Waals surface area (Å²) in [6.07, 6.45) is -4.45. The lowest BCUT2D eigenvalue weighted by atomic mass is 10.2. The Morgan fingerprint density at radius 1 is 1.42 bits per heavy atom. The van der Waals surface area contributed by atoms with Crippen LogP contribution in [0.2, 0.25) is 5.02 Å². The Morgan fingerprint density at radius 3 is 2.53 bits per heavy atom. The van der Waals surface area contributed by atoms with Crippen molar-refractivity contribution in [2.24, 2.45) is 0 Å². The third-order valence-corrected chi connectivity index (χ3v) is 2.43. The van der Waals surface area contributed by atoms with Crippen LogP contribution < -0.4 is 4.74 Å². The van der Waals surface area contributed by atoms with E-state index in [1.807, 2.05) is 0 Å². The van der Waals surface area contributed by atoms with Gasteiger partial charge in [-0.25, -0.2) is 5.06 Å². The summed E-state index contributed by atoms with van der Waals surface area (Å²) in [5, 5.41) is 0.877. The zero-order valence-electron chi connectivity index (χ0n) is 10.1. The monoisotopic (exact) mass is 297 g/mol. The van der Waals surface area contributed by atoms with E-state index >= 15 is 0 Å². The van der Waals surface area contributed by atoms with Crippen LogP contribution in [0.25, 0.3) is 0 Å². The van der Waals surface area contributed by atoms with Crippen molar-refractivity contribution < 1.29 is 27.5 Å². The summed E-state index contributed by atoms with van der Waals surface area (Å²) in [6.45, 7) is -1.45. The van der Waals surface area contributed by atoms with Crippen molar-refractivity contribution in [2.75, 3.05) is 20.8 Å². The highest BCUT2D eigenvalue weighted by Gasteiger charge is 2.28. The molecule has 106 valence electrons. The molecule has 0 N–H and O–H groups in total. The van der Waals surface area contributed by atoms with E-state index in [-0.39, 0.29) is 16.3 Å². The number of nitrogens with zero attached hydrogens (tertiary/aromatic N) is 1. The molecule has 0 radical (unpaired) electrons. The maximum absolute atomic E-state index is 12.0. The molecule has 0 aliphatic heterocycles. The molecular formula is C11H11ClF3NO3. The summed E-state index contributed by atoms with van der Waals surface area (Å²) in [5.41, 5.74) is 0.175. The lowest BCUT2D eigenvalue weighted by Gasteiger charge is -2.15. The van der Waals surface area contributed by atoms with E-state index < -0.39 is 18.7 Å². The van der Waals surface area contributed by atoms with Crippen molar-refractivity contribution in [1.82, 2.24) is 5.06 Å². The third kappa shape index (κ3) is 4.60. The number of amides is 1. The van der Waals surface area contributed by atoms with Crippen LogP contribution in [0.4, 0.5) is 13.2 Å². The fraction of sp³-hybridized carbons (Fsp3) is 0.364. The molecule has 0 spiro atoms. The summed E-state index contributed by atoms with van der Waals surface area (Å²) in [6, 6.07) is 3.71. The average molecular weight is 298 g/mol. The van der Waals surface area contributed by atoms with E-state index in [9.17, 15) is 18.0 Å². The van der Waals surface area contributed by atoms with E-state index in [4.69, 9.17) is 11.6 Å². The average Bonchev–Trinajstić information content (AvgIpc) is 2.34. The fourth-order valence-corrected chi connectivity index (χ4v) is 1.41. The van der Waals surface area contributed by atoms with Crippen LogP contribution in [0.15, 0.2) is 18.2 Å². The molecule has 0 aliphatic rings. The molecule has 8 heteroatoms. The highest BCUT2D eigenvalue weighted by atomic mass is 35.5. The van der Waals surface area contributed by atoms with E-state index in [1.165, 1.54) is 32.4 Å². The second-order valence-corrected chi connectivity index (χ2v) is 3.94. The molecular weight excluding hydrogens is 287 g/mol. The lowest BCUT2D eigenvalue weighted by molar-refractivity contribution is -0.153. The van der Waals surface area contributed by atoms with Crippen LogP contribution in [0, 0.1) is 0 Å². The summed E-state index contributed by atoms with van der Waals surface area (Å²) in [4.78, 5) is 16.4. The SMILES string of the molecule is CON(C)C(=O)c1ccc(OCC(F)(F)F)c(Cl)c1. The van der Waals surface area contributed by atoms with Gasteiger partial charge in [0.2, 0.25) is 0 Å². The molecule has 1 amide bonds. The van der Waals surface area contributed by atoms with Gasteiger partial charge >= 0.3 is 6.18 Å². The Labute approximate surface area is 112 Å². The largest absolute Gasteiger partial charge is 0.483 e. The minimum atomic E-state index is -4.45. The molecule has 0 bridgehead atoms.